The minimum atomic E-state index is -0.803. The van der Waals surface area contributed by atoms with Gasteiger partial charge in [0.25, 0.3) is 5.56 Å². The molecule has 48 heavy (non-hydrogen) atoms. The molecule has 0 radical (unpaired) electrons. The van der Waals surface area contributed by atoms with E-state index < -0.39 is 12.0 Å². The predicted molar refractivity (Wildman–Crippen MR) is 183 cm³/mol. The number of carbonyl (C=O) groups is 2. The molecular weight excluding hydrogens is 628 g/mol. The highest BCUT2D eigenvalue weighted by Gasteiger charge is 2.35. The highest BCUT2D eigenvalue weighted by atomic mass is 32.1. The van der Waals surface area contributed by atoms with Crippen molar-refractivity contribution in [2.75, 3.05) is 20.3 Å². The lowest BCUT2D eigenvalue weighted by atomic mass is 9.93. The Morgan fingerprint density at radius 2 is 1.65 bits per heavy atom. The summed E-state index contributed by atoms with van der Waals surface area (Å²) >= 11 is 1.21. The summed E-state index contributed by atoms with van der Waals surface area (Å²) in [5, 5.41) is 0. The van der Waals surface area contributed by atoms with E-state index in [0.717, 1.165) is 24.0 Å². The molecule has 3 aromatic carbocycles. The van der Waals surface area contributed by atoms with Crippen molar-refractivity contribution in [1.29, 1.82) is 0 Å². The highest BCUT2D eigenvalue weighted by molar-refractivity contribution is 7.07. The number of carbonyl (C=O) groups excluding carboxylic acids is 2. The molecule has 2 aromatic heterocycles. The Hall–Kier alpha value is -5.48. The first-order valence-electron chi connectivity index (χ1n) is 15.7. The molecule has 0 spiro atoms. The van der Waals surface area contributed by atoms with Gasteiger partial charge in [-0.3, -0.25) is 9.36 Å². The molecule has 0 aliphatic carbocycles. The van der Waals surface area contributed by atoms with E-state index >= 15 is 0 Å². The first-order chi connectivity index (χ1) is 23.4. The van der Waals surface area contributed by atoms with E-state index in [4.69, 9.17) is 23.6 Å². The Morgan fingerprint density at radius 1 is 0.896 bits per heavy atom. The number of unbranched alkanes of at least 4 members (excludes halogenated alkanes) is 1. The average molecular weight is 663 g/mol. The number of methoxy groups -OCH3 is 1. The molecule has 1 aliphatic rings. The monoisotopic (exact) mass is 662 g/mol. The van der Waals surface area contributed by atoms with Crippen LogP contribution in [0.1, 0.15) is 60.0 Å². The first kappa shape index (κ1) is 32.5. The zero-order valence-electron chi connectivity index (χ0n) is 26.8. The minimum Gasteiger partial charge on any atom is -0.497 e. The van der Waals surface area contributed by atoms with E-state index in [0.29, 0.717) is 50.0 Å². The van der Waals surface area contributed by atoms with Crippen LogP contribution in [0.3, 0.4) is 0 Å². The largest absolute Gasteiger partial charge is 0.497 e. The van der Waals surface area contributed by atoms with Gasteiger partial charge in [0.2, 0.25) is 0 Å². The van der Waals surface area contributed by atoms with Crippen molar-refractivity contribution < 1.29 is 28.2 Å². The van der Waals surface area contributed by atoms with Gasteiger partial charge in [-0.15, -0.1) is 0 Å². The van der Waals surface area contributed by atoms with Crippen molar-refractivity contribution in [3.8, 4) is 17.1 Å². The Bertz CT molecular complexity index is 2140. The summed E-state index contributed by atoms with van der Waals surface area (Å²) in [6, 6.07) is 26.4. The Kier molecular flexibility index (Phi) is 9.82. The normalized spacial score (nSPS) is 14.3. The van der Waals surface area contributed by atoms with E-state index in [1.165, 1.54) is 11.3 Å². The van der Waals surface area contributed by atoms with Crippen LogP contribution in [0, 0.1) is 0 Å². The number of furan rings is 1. The second kappa shape index (κ2) is 14.5. The molecule has 0 N–H and O–H groups in total. The second-order valence-electron chi connectivity index (χ2n) is 11.0. The summed E-state index contributed by atoms with van der Waals surface area (Å²) in [4.78, 5) is 45.4. The van der Waals surface area contributed by atoms with Gasteiger partial charge in [0.15, 0.2) is 4.80 Å². The predicted octanol–water partition coefficient (Wildman–Crippen LogP) is 6.16. The second-order valence-corrected chi connectivity index (χ2v) is 12.0. The summed E-state index contributed by atoms with van der Waals surface area (Å²) in [5.41, 5.74) is 3.06. The molecule has 10 heteroatoms. The number of benzene rings is 3. The Balaban J connectivity index is 1.42. The Labute approximate surface area is 281 Å². The summed E-state index contributed by atoms with van der Waals surface area (Å²) in [5.74, 6) is 0.775. The maximum absolute atomic E-state index is 14.2. The van der Waals surface area contributed by atoms with Crippen molar-refractivity contribution in [1.82, 2.24) is 4.57 Å². The first-order valence-corrected chi connectivity index (χ1v) is 16.5. The molecular formula is C38H34N2O7S. The maximum atomic E-state index is 14.2. The van der Waals surface area contributed by atoms with Gasteiger partial charge in [0.1, 0.15) is 17.3 Å². The van der Waals surface area contributed by atoms with Crippen LogP contribution >= 0.6 is 11.3 Å². The molecule has 0 bridgehead atoms. The van der Waals surface area contributed by atoms with Gasteiger partial charge in [0, 0.05) is 17.2 Å². The molecule has 0 saturated heterocycles. The zero-order chi connectivity index (χ0) is 33.6. The van der Waals surface area contributed by atoms with Crippen molar-refractivity contribution in [2.24, 2.45) is 4.99 Å². The number of fused-ring (bicyclic) bond motifs is 1. The number of ether oxygens (including phenoxy) is 3. The number of aromatic nitrogens is 1. The van der Waals surface area contributed by atoms with Crippen molar-refractivity contribution in [3.63, 3.8) is 0 Å². The van der Waals surface area contributed by atoms with Crippen molar-refractivity contribution >= 4 is 35.0 Å². The van der Waals surface area contributed by atoms with Crippen LogP contribution in [0.5, 0.6) is 5.75 Å². The lowest BCUT2D eigenvalue weighted by molar-refractivity contribution is -0.138. The van der Waals surface area contributed by atoms with Gasteiger partial charge in [0.05, 0.1) is 47.7 Å². The fourth-order valence-corrected chi connectivity index (χ4v) is 6.40. The molecule has 244 valence electrons. The van der Waals surface area contributed by atoms with E-state index in [9.17, 15) is 14.4 Å². The SMILES string of the molecule is CCCCOC(=O)c1ccc(-c2ccc(/C=c3\sc4n(c3=O)[C@@H](c3ccc(OC)cc3)C(C(=O)OCC)=C(c3ccccc3)N=4)o2)cc1. The van der Waals surface area contributed by atoms with E-state index in [-0.39, 0.29) is 23.7 Å². The smallest absolute Gasteiger partial charge is 0.338 e. The van der Waals surface area contributed by atoms with Gasteiger partial charge < -0.3 is 18.6 Å². The van der Waals surface area contributed by atoms with E-state index in [1.54, 1.807) is 67.1 Å². The zero-order valence-corrected chi connectivity index (χ0v) is 27.6. The van der Waals surface area contributed by atoms with E-state index in [1.807, 2.05) is 55.5 Å². The average Bonchev–Trinajstić information content (AvgIpc) is 3.72. The molecule has 0 saturated carbocycles. The molecule has 0 amide bonds. The fourth-order valence-electron chi connectivity index (χ4n) is 5.42. The van der Waals surface area contributed by atoms with Crippen LogP contribution in [-0.2, 0) is 14.3 Å². The molecule has 0 unspecified atom stereocenters. The van der Waals surface area contributed by atoms with Gasteiger partial charge in [-0.2, -0.15) is 0 Å². The van der Waals surface area contributed by atoms with Crippen LogP contribution in [0.4, 0.5) is 0 Å². The summed E-state index contributed by atoms with van der Waals surface area (Å²) in [7, 11) is 1.58. The number of hydrogen-bond acceptors (Lipinski definition) is 9. The van der Waals surface area contributed by atoms with Crippen molar-refractivity contribution in [2.45, 2.75) is 32.7 Å². The van der Waals surface area contributed by atoms with Gasteiger partial charge in [-0.05, 0) is 55.3 Å². The standard InChI is InChI=1S/C38H34N2O7S/c1-4-6-22-46-36(42)27-14-12-24(13-15-27)30-21-20-29(47-30)23-31-35(41)40-34(26-16-18-28(44-3)19-17-26)32(37(43)45-5-2)33(39-38(40)48-31)25-10-8-7-9-11-25/h7-21,23,34H,4-6,22H2,1-3H3/b31-23-/t34-/m0/s1. The van der Waals surface area contributed by atoms with Crippen LogP contribution in [0.2, 0.25) is 0 Å². The number of thiazole rings is 1. The lowest BCUT2D eigenvalue weighted by Crippen LogP contribution is -2.40. The van der Waals surface area contributed by atoms with Crippen LogP contribution in [0.25, 0.3) is 23.1 Å². The molecule has 1 aliphatic heterocycles. The van der Waals surface area contributed by atoms with E-state index in [2.05, 4.69) is 0 Å². The Morgan fingerprint density at radius 3 is 2.33 bits per heavy atom. The van der Waals surface area contributed by atoms with Crippen LogP contribution in [0.15, 0.2) is 111 Å². The molecule has 1 atom stereocenters. The number of hydrogen-bond donors (Lipinski definition) is 0. The number of rotatable bonds is 11. The third kappa shape index (κ3) is 6.65. The number of esters is 2. The lowest BCUT2D eigenvalue weighted by Gasteiger charge is -2.26. The molecule has 9 nitrogen and oxygen atoms in total. The summed E-state index contributed by atoms with van der Waals surface area (Å²) in [6.07, 6.45) is 3.44. The molecule has 0 fully saturated rings. The molecule has 3 heterocycles. The third-order valence-corrected chi connectivity index (χ3v) is 8.82. The van der Waals surface area contributed by atoms with Crippen LogP contribution < -0.4 is 19.6 Å². The minimum absolute atomic E-state index is 0.163. The summed E-state index contributed by atoms with van der Waals surface area (Å²) in [6.45, 7) is 4.34. The quantitative estimate of drug-likeness (QED) is 0.123. The summed E-state index contributed by atoms with van der Waals surface area (Å²) < 4.78 is 24.2. The number of nitrogens with zero attached hydrogens (tertiary/aromatic N) is 2. The van der Waals surface area contributed by atoms with Crippen LogP contribution in [-0.4, -0.2) is 36.8 Å². The molecule has 5 aromatic rings. The van der Waals surface area contributed by atoms with Crippen molar-refractivity contribution in [3.05, 3.63) is 139 Å². The highest BCUT2D eigenvalue weighted by Crippen LogP contribution is 2.35. The molecule has 6 rings (SSSR count). The van der Waals surface area contributed by atoms with Gasteiger partial charge >= 0.3 is 11.9 Å². The maximum Gasteiger partial charge on any atom is 0.338 e. The third-order valence-electron chi connectivity index (χ3n) is 7.84. The van der Waals surface area contributed by atoms with Gasteiger partial charge in [-0.25, -0.2) is 14.6 Å². The topological polar surface area (TPSA) is 109 Å². The fraction of sp³-hybridized carbons (Fsp3) is 0.211. The van der Waals surface area contributed by atoms with Gasteiger partial charge in [-0.1, -0.05) is 79.3 Å².